The van der Waals surface area contributed by atoms with Gasteiger partial charge in [0.1, 0.15) is 5.82 Å². The van der Waals surface area contributed by atoms with Crippen molar-refractivity contribution in [3.63, 3.8) is 0 Å². The lowest BCUT2D eigenvalue weighted by Crippen LogP contribution is -2.00. The Balaban J connectivity index is 1.71. The van der Waals surface area contributed by atoms with E-state index in [1.165, 1.54) is 12.1 Å². The molecule has 0 spiro atoms. The van der Waals surface area contributed by atoms with E-state index >= 15 is 0 Å². The molecule has 0 fully saturated rings. The van der Waals surface area contributed by atoms with Crippen LogP contribution < -0.4 is 0 Å². The van der Waals surface area contributed by atoms with Crippen LogP contribution in [0.15, 0.2) is 54.7 Å². The van der Waals surface area contributed by atoms with Gasteiger partial charge in [0.2, 0.25) is 0 Å². The minimum atomic E-state index is -0.232. The Morgan fingerprint density at radius 3 is 2.61 bits per heavy atom. The molecule has 0 atom stereocenters. The fourth-order valence-electron chi connectivity index (χ4n) is 2.71. The molecular formula is C17H14FN5. The van der Waals surface area contributed by atoms with Crippen LogP contribution in [0.25, 0.3) is 16.6 Å². The Kier molecular flexibility index (Phi) is 3.15. The van der Waals surface area contributed by atoms with Crippen molar-refractivity contribution in [2.75, 3.05) is 0 Å². The average Bonchev–Trinajstić information content (AvgIpc) is 3.15. The highest BCUT2D eigenvalue weighted by Crippen LogP contribution is 2.22. The highest BCUT2D eigenvalue weighted by Gasteiger charge is 2.07. The van der Waals surface area contributed by atoms with Gasteiger partial charge in [0, 0.05) is 30.7 Å². The third-order valence-corrected chi connectivity index (χ3v) is 3.93. The van der Waals surface area contributed by atoms with Crippen LogP contribution >= 0.6 is 0 Å². The smallest absolute Gasteiger partial charge is 0.155 e. The summed E-state index contributed by atoms with van der Waals surface area (Å²) < 4.78 is 16.8. The van der Waals surface area contributed by atoms with Gasteiger partial charge in [-0.25, -0.2) is 9.07 Å². The molecule has 2 heterocycles. The first-order chi connectivity index (χ1) is 11.2. The van der Waals surface area contributed by atoms with E-state index in [9.17, 15) is 4.39 Å². The monoisotopic (exact) mass is 307 g/mol. The quantitative estimate of drug-likeness (QED) is 0.585. The van der Waals surface area contributed by atoms with Crippen LogP contribution in [0.4, 0.5) is 4.39 Å². The Morgan fingerprint density at radius 2 is 1.87 bits per heavy atom. The molecule has 0 unspecified atom stereocenters. The Hall–Kier alpha value is -3.02. The number of hydrogen-bond acceptors (Lipinski definition) is 3. The predicted molar refractivity (Wildman–Crippen MR) is 84.8 cm³/mol. The Labute approximate surface area is 132 Å². The van der Waals surface area contributed by atoms with E-state index in [1.807, 2.05) is 17.8 Å². The molecule has 0 amide bonds. The van der Waals surface area contributed by atoms with E-state index in [-0.39, 0.29) is 5.82 Å². The van der Waals surface area contributed by atoms with E-state index in [1.54, 1.807) is 16.8 Å². The normalized spacial score (nSPS) is 11.2. The summed E-state index contributed by atoms with van der Waals surface area (Å²) in [5, 5.41) is 12.6. The number of hydrogen-bond donors (Lipinski definition) is 0. The largest absolute Gasteiger partial charge is 0.317 e. The van der Waals surface area contributed by atoms with Crippen molar-refractivity contribution in [2.45, 2.75) is 6.42 Å². The molecule has 0 saturated heterocycles. The second-order valence-electron chi connectivity index (χ2n) is 5.45. The lowest BCUT2D eigenvalue weighted by Gasteiger charge is -2.06. The molecule has 6 heteroatoms. The molecular weight excluding hydrogens is 293 g/mol. The van der Waals surface area contributed by atoms with Crippen molar-refractivity contribution in [3.05, 3.63) is 71.9 Å². The summed E-state index contributed by atoms with van der Waals surface area (Å²) in [6, 6.07) is 14.8. The average molecular weight is 307 g/mol. The number of fused-ring (bicyclic) bond motifs is 1. The van der Waals surface area contributed by atoms with Crippen molar-refractivity contribution in [2.24, 2.45) is 7.05 Å². The lowest BCUT2D eigenvalue weighted by molar-refractivity contribution is 0.627. The van der Waals surface area contributed by atoms with Crippen molar-refractivity contribution < 1.29 is 4.39 Å². The van der Waals surface area contributed by atoms with Gasteiger partial charge < -0.3 is 4.57 Å². The third-order valence-electron chi connectivity index (χ3n) is 3.93. The molecule has 2 aromatic carbocycles. The third kappa shape index (κ3) is 2.48. The molecule has 0 radical (unpaired) electrons. The lowest BCUT2D eigenvalue weighted by atomic mass is 10.1. The first-order valence-electron chi connectivity index (χ1n) is 7.28. The summed E-state index contributed by atoms with van der Waals surface area (Å²) in [6.45, 7) is 0. The number of tetrazole rings is 1. The summed E-state index contributed by atoms with van der Waals surface area (Å²) in [6.07, 6.45) is 2.67. The fourth-order valence-corrected chi connectivity index (χ4v) is 2.71. The number of rotatable bonds is 3. The number of aromatic nitrogens is 5. The first kappa shape index (κ1) is 13.6. The van der Waals surface area contributed by atoms with E-state index in [4.69, 9.17) is 0 Å². The summed E-state index contributed by atoms with van der Waals surface area (Å²) >= 11 is 0. The Bertz CT molecular complexity index is 968. The van der Waals surface area contributed by atoms with Gasteiger partial charge in [-0.2, -0.15) is 0 Å². The molecule has 0 N–H and O–H groups in total. The number of benzene rings is 2. The van der Waals surface area contributed by atoms with Crippen LogP contribution in [0, 0.1) is 5.82 Å². The first-order valence-corrected chi connectivity index (χ1v) is 7.28. The maximum atomic E-state index is 13.1. The SMILES string of the molecule is Cn1nnnc1Cc1ccc2c(ccn2-c2ccc(F)cc2)c1. The highest BCUT2D eigenvalue weighted by molar-refractivity contribution is 5.82. The minimum Gasteiger partial charge on any atom is -0.317 e. The number of aryl methyl sites for hydroxylation is 1. The molecule has 0 bridgehead atoms. The standard InChI is InChI=1S/C17H14FN5/c1-22-17(19-20-21-22)11-12-2-7-16-13(10-12)8-9-23(16)15-5-3-14(18)4-6-15/h2-10H,11H2,1H3. The maximum absolute atomic E-state index is 13.1. The van der Waals surface area contributed by atoms with Gasteiger partial charge in [-0.3, -0.25) is 0 Å². The van der Waals surface area contributed by atoms with E-state index in [0.29, 0.717) is 6.42 Å². The van der Waals surface area contributed by atoms with Gasteiger partial charge in [0.15, 0.2) is 5.82 Å². The van der Waals surface area contributed by atoms with E-state index in [0.717, 1.165) is 28.0 Å². The summed E-state index contributed by atoms with van der Waals surface area (Å²) in [5.41, 5.74) is 3.16. The maximum Gasteiger partial charge on any atom is 0.155 e. The zero-order valence-corrected chi connectivity index (χ0v) is 12.5. The summed E-state index contributed by atoms with van der Waals surface area (Å²) in [7, 11) is 1.83. The van der Waals surface area contributed by atoms with Crippen LogP contribution in [-0.2, 0) is 13.5 Å². The molecule has 5 nitrogen and oxygen atoms in total. The molecule has 2 aromatic heterocycles. The van der Waals surface area contributed by atoms with Crippen LogP contribution in [0.5, 0.6) is 0 Å². The zero-order valence-electron chi connectivity index (χ0n) is 12.5. The molecule has 4 rings (SSSR count). The molecule has 4 aromatic rings. The molecule has 0 aliphatic heterocycles. The highest BCUT2D eigenvalue weighted by atomic mass is 19.1. The van der Waals surface area contributed by atoms with Crippen molar-refractivity contribution in [1.82, 2.24) is 24.8 Å². The topological polar surface area (TPSA) is 48.5 Å². The molecule has 23 heavy (non-hydrogen) atoms. The van der Waals surface area contributed by atoms with Gasteiger partial charge in [0.25, 0.3) is 0 Å². The predicted octanol–water partition coefficient (Wildman–Crippen LogP) is 2.88. The van der Waals surface area contributed by atoms with Crippen molar-refractivity contribution in [1.29, 1.82) is 0 Å². The summed E-state index contributed by atoms with van der Waals surface area (Å²) in [5.74, 6) is 0.590. The second-order valence-corrected chi connectivity index (χ2v) is 5.45. The minimum absolute atomic E-state index is 0.232. The van der Waals surface area contributed by atoms with Crippen molar-refractivity contribution >= 4 is 10.9 Å². The van der Waals surface area contributed by atoms with Gasteiger partial charge in [-0.05, 0) is 58.5 Å². The van der Waals surface area contributed by atoms with Crippen LogP contribution in [0.3, 0.4) is 0 Å². The van der Waals surface area contributed by atoms with Gasteiger partial charge in [-0.1, -0.05) is 6.07 Å². The second kappa shape index (κ2) is 5.31. The van der Waals surface area contributed by atoms with Crippen molar-refractivity contribution in [3.8, 4) is 5.69 Å². The molecule has 114 valence electrons. The van der Waals surface area contributed by atoms with Crippen LogP contribution in [0.1, 0.15) is 11.4 Å². The number of nitrogens with zero attached hydrogens (tertiary/aromatic N) is 5. The van der Waals surface area contributed by atoms with E-state index < -0.39 is 0 Å². The molecule has 0 aliphatic carbocycles. The van der Waals surface area contributed by atoms with E-state index in [2.05, 4.69) is 39.8 Å². The van der Waals surface area contributed by atoms with Crippen LogP contribution in [0.2, 0.25) is 0 Å². The Morgan fingerprint density at radius 1 is 1.04 bits per heavy atom. The summed E-state index contributed by atoms with van der Waals surface area (Å²) in [4.78, 5) is 0. The van der Waals surface area contributed by atoms with Gasteiger partial charge in [-0.15, -0.1) is 5.10 Å². The molecule has 0 aliphatic rings. The number of halogens is 1. The van der Waals surface area contributed by atoms with Gasteiger partial charge >= 0.3 is 0 Å². The van der Waals surface area contributed by atoms with Crippen LogP contribution in [-0.4, -0.2) is 24.8 Å². The van der Waals surface area contributed by atoms with Gasteiger partial charge in [0.05, 0.1) is 5.52 Å². The zero-order chi connectivity index (χ0) is 15.8. The fraction of sp³-hybridized carbons (Fsp3) is 0.118. The molecule has 0 saturated carbocycles.